The summed E-state index contributed by atoms with van der Waals surface area (Å²) in [7, 11) is 1.32. The summed E-state index contributed by atoms with van der Waals surface area (Å²) in [5.74, 6) is -3.77. The van der Waals surface area contributed by atoms with E-state index in [2.05, 4.69) is 0 Å². The van der Waals surface area contributed by atoms with Crippen LogP contribution in [0.15, 0.2) is 18.2 Å². The van der Waals surface area contributed by atoms with Crippen molar-refractivity contribution >= 4 is 17.3 Å². The summed E-state index contributed by atoms with van der Waals surface area (Å²) in [6.07, 6.45) is -5.12. The van der Waals surface area contributed by atoms with Crippen molar-refractivity contribution in [1.29, 1.82) is 0 Å². The first kappa shape index (κ1) is 27.2. The maximum atomic E-state index is 13.6. The first-order valence-electron chi connectivity index (χ1n) is 12.4. The van der Waals surface area contributed by atoms with E-state index in [4.69, 9.17) is 19.9 Å². The van der Waals surface area contributed by atoms with Crippen LogP contribution in [0.4, 0.5) is 0 Å². The maximum Gasteiger partial charge on any atom is 0.202 e. The van der Waals surface area contributed by atoms with Gasteiger partial charge in [0.05, 0.1) is 42.1 Å². The third-order valence-corrected chi connectivity index (χ3v) is 7.81. The van der Waals surface area contributed by atoms with Crippen LogP contribution < -0.4 is 10.5 Å². The lowest BCUT2D eigenvalue weighted by Gasteiger charge is -2.42. The van der Waals surface area contributed by atoms with Crippen molar-refractivity contribution in [1.82, 2.24) is 0 Å². The number of benzene rings is 2. The molecule has 5 rings (SSSR count). The molecule has 2 aromatic carbocycles. The zero-order valence-corrected chi connectivity index (χ0v) is 21.2. The third kappa shape index (κ3) is 4.11. The molecule has 3 aliphatic rings. The van der Waals surface area contributed by atoms with E-state index in [1.807, 2.05) is 0 Å². The minimum Gasteiger partial charge on any atom is -0.507 e. The SMILES string of the molecule is COc1cccc2c1C(=O)c1c(O)c3c(c(O)c1C2=O)C[C@@](O)(C(=O)CO)C[C@@H]3O[C@@H]1C[C@@H](N)[C@@H](O)[C@@H](C)O1. The minimum absolute atomic E-state index is 0.0173. The molecule has 208 valence electrons. The number of methoxy groups -OCH3 is 1. The van der Waals surface area contributed by atoms with Gasteiger partial charge >= 0.3 is 0 Å². The fourth-order valence-electron chi connectivity index (χ4n) is 5.75. The summed E-state index contributed by atoms with van der Waals surface area (Å²) in [6, 6.07) is 3.64. The fourth-order valence-corrected chi connectivity index (χ4v) is 5.75. The molecule has 0 amide bonds. The minimum atomic E-state index is -2.24. The first-order chi connectivity index (χ1) is 18.4. The number of phenols is 2. The van der Waals surface area contributed by atoms with Crippen LogP contribution in [0.5, 0.6) is 17.2 Å². The lowest BCUT2D eigenvalue weighted by atomic mass is 9.72. The van der Waals surface area contributed by atoms with E-state index < -0.39 is 95.7 Å². The Kier molecular flexibility index (Phi) is 6.74. The number of ketones is 3. The van der Waals surface area contributed by atoms with Gasteiger partial charge in [0.2, 0.25) is 5.78 Å². The normalized spacial score (nSPS) is 29.8. The molecular weight excluding hydrogens is 514 g/mol. The summed E-state index contributed by atoms with van der Waals surface area (Å²) >= 11 is 0. The van der Waals surface area contributed by atoms with Gasteiger partial charge in [0.25, 0.3) is 0 Å². The molecule has 0 unspecified atom stereocenters. The molecule has 0 spiro atoms. The Morgan fingerprint density at radius 3 is 2.49 bits per heavy atom. The lowest BCUT2D eigenvalue weighted by Crippen LogP contribution is -2.53. The molecule has 12 nitrogen and oxygen atoms in total. The Hall–Kier alpha value is -3.39. The number of aliphatic hydroxyl groups is 3. The van der Waals surface area contributed by atoms with Crippen LogP contribution >= 0.6 is 0 Å². The van der Waals surface area contributed by atoms with E-state index in [9.17, 15) is 39.9 Å². The van der Waals surface area contributed by atoms with Gasteiger partial charge in [-0.25, -0.2) is 0 Å². The molecule has 1 heterocycles. The largest absolute Gasteiger partial charge is 0.507 e. The number of Topliss-reactive ketones (excluding diaryl/α,β-unsaturated/α-hetero) is 1. The van der Waals surface area contributed by atoms with E-state index in [-0.39, 0.29) is 34.4 Å². The van der Waals surface area contributed by atoms with Crippen molar-refractivity contribution in [3.8, 4) is 17.2 Å². The topological polar surface area (TPSA) is 206 Å². The first-order valence-corrected chi connectivity index (χ1v) is 12.4. The monoisotopic (exact) mass is 543 g/mol. The van der Waals surface area contributed by atoms with Crippen LogP contribution in [0, 0.1) is 0 Å². The molecule has 0 saturated carbocycles. The summed E-state index contributed by atoms with van der Waals surface area (Å²) in [5, 5.41) is 53.7. The quantitative estimate of drug-likeness (QED) is 0.235. The number of fused-ring (bicyclic) bond motifs is 3. The molecule has 7 N–H and O–H groups in total. The van der Waals surface area contributed by atoms with E-state index in [1.165, 1.54) is 25.3 Å². The van der Waals surface area contributed by atoms with Gasteiger partial charge in [0.1, 0.15) is 29.5 Å². The number of rotatable bonds is 5. The predicted octanol–water partition coefficient (Wildman–Crippen LogP) is 0.00130. The van der Waals surface area contributed by atoms with E-state index in [0.717, 1.165) is 0 Å². The van der Waals surface area contributed by atoms with Gasteiger partial charge in [0, 0.05) is 42.0 Å². The van der Waals surface area contributed by atoms with Crippen LogP contribution in [-0.4, -0.2) is 86.7 Å². The summed E-state index contributed by atoms with van der Waals surface area (Å²) < 4.78 is 17.0. The molecular formula is C27H29NO11. The van der Waals surface area contributed by atoms with E-state index >= 15 is 0 Å². The molecule has 0 radical (unpaired) electrons. The van der Waals surface area contributed by atoms with Gasteiger partial charge in [0.15, 0.2) is 17.9 Å². The average Bonchev–Trinajstić information content (AvgIpc) is 2.90. The number of nitrogens with two attached hydrogens (primary N) is 1. The van der Waals surface area contributed by atoms with Gasteiger partial charge in [-0.1, -0.05) is 12.1 Å². The highest BCUT2D eigenvalue weighted by molar-refractivity contribution is 6.31. The summed E-state index contributed by atoms with van der Waals surface area (Å²) in [5.41, 5.74) is 2.37. The van der Waals surface area contributed by atoms with Crippen LogP contribution in [-0.2, 0) is 20.7 Å². The molecule has 0 bridgehead atoms. The summed E-state index contributed by atoms with van der Waals surface area (Å²) in [6.45, 7) is 0.560. The highest BCUT2D eigenvalue weighted by Gasteiger charge is 2.50. The van der Waals surface area contributed by atoms with Crippen molar-refractivity contribution in [3.63, 3.8) is 0 Å². The Morgan fingerprint density at radius 2 is 1.85 bits per heavy atom. The molecule has 6 atom stereocenters. The number of carbonyl (C=O) groups excluding carboxylic acids is 3. The van der Waals surface area contributed by atoms with Crippen LogP contribution in [0.25, 0.3) is 0 Å². The second kappa shape index (κ2) is 9.66. The molecule has 0 aromatic heterocycles. The van der Waals surface area contributed by atoms with Crippen molar-refractivity contribution in [2.45, 2.75) is 62.4 Å². The highest BCUT2D eigenvalue weighted by Crippen LogP contribution is 2.52. The molecule has 1 saturated heterocycles. The van der Waals surface area contributed by atoms with Gasteiger partial charge in [-0.05, 0) is 13.0 Å². The maximum absolute atomic E-state index is 13.6. The number of phenolic OH excluding ortho intramolecular Hbond substituents is 2. The molecule has 1 aliphatic heterocycles. The Bertz CT molecular complexity index is 1380. The predicted molar refractivity (Wildman–Crippen MR) is 132 cm³/mol. The average molecular weight is 544 g/mol. The third-order valence-electron chi connectivity index (χ3n) is 7.81. The molecule has 2 aliphatic carbocycles. The van der Waals surface area contributed by atoms with E-state index in [0.29, 0.717) is 0 Å². The smallest absolute Gasteiger partial charge is 0.202 e. The van der Waals surface area contributed by atoms with Crippen molar-refractivity contribution in [2.75, 3.05) is 13.7 Å². The summed E-state index contributed by atoms with van der Waals surface area (Å²) in [4.78, 5) is 39.7. The van der Waals surface area contributed by atoms with Gasteiger partial charge in [-0.2, -0.15) is 0 Å². The Morgan fingerprint density at radius 1 is 1.15 bits per heavy atom. The van der Waals surface area contributed by atoms with Crippen LogP contribution in [0.2, 0.25) is 0 Å². The van der Waals surface area contributed by atoms with Gasteiger partial charge in [-0.15, -0.1) is 0 Å². The number of carbonyl (C=O) groups is 3. The number of hydrogen-bond acceptors (Lipinski definition) is 12. The lowest BCUT2D eigenvalue weighted by molar-refractivity contribution is -0.247. The second-order valence-corrected chi connectivity index (χ2v) is 10.2. The number of aliphatic hydroxyl groups excluding tert-OH is 2. The Balaban J connectivity index is 1.69. The van der Waals surface area contributed by atoms with E-state index in [1.54, 1.807) is 6.92 Å². The molecule has 1 fully saturated rings. The fraction of sp³-hybridized carbons (Fsp3) is 0.444. The zero-order valence-electron chi connectivity index (χ0n) is 21.2. The van der Waals surface area contributed by atoms with Gasteiger partial charge in [-0.3, -0.25) is 14.4 Å². The van der Waals surface area contributed by atoms with Crippen LogP contribution in [0.1, 0.15) is 68.8 Å². The number of ether oxygens (including phenoxy) is 3. The Labute approximate surface area is 222 Å². The second-order valence-electron chi connectivity index (χ2n) is 10.2. The zero-order chi connectivity index (χ0) is 28.4. The number of hydrogen-bond donors (Lipinski definition) is 6. The van der Waals surface area contributed by atoms with Crippen LogP contribution in [0.3, 0.4) is 0 Å². The number of aromatic hydroxyl groups is 2. The molecule has 12 heteroatoms. The van der Waals surface area contributed by atoms with Gasteiger partial charge < -0.3 is 45.5 Å². The highest BCUT2D eigenvalue weighted by atomic mass is 16.7. The van der Waals surface area contributed by atoms with Crippen molar-refractivity contribution < 1.29 is 54.1 Å². The molecule has 2 aromatic rings. The van der Waals surface area contributed by atoms with Crippen molar-refractivity contribution in [2.24, 2.45) is 5.73 Å². The standard InChI is InChI=1S/C27H29NO11/c1-10-22(31)13(28)6-17(38-10)39-15-8-27(36,16(30)9-29)7-12-19(15)26(35)21-20(24(12)33)23(32)11-4-3-5-14(37-2)18(11)25(21)34/h3-5,10,13,15,17,22,29,31,33,35-36H,6-9,28H2,1-2H3/t10-,13-,15+,17-,22+,27+/m1/s1. The molecule has 39 heavy (non-hydrogen) atoms. The van der Waals surface area contributed by atoms with Crippen molar-refractivity contribution in [3.05, 3.63) is 51.6 Å².